The Balaban J connectivity index is 1.40. The van der Waals surface area contributed by atoms with Crippen LogP contribution in [0.4, 0.5) is 15.8 Å². The van der Waals surface area contributed by atoms with E-state index in [0.717, 1.165) is 74.2 Å². The van der Waals surface area contributed by atoms with E-state index in [1.165, 1.54) is 6.07 Å². The number of nitrogens with zero attached hydrogens (tertiary/aromatic N) is 3. The van der Waals surface area contributed by atoms with Crippen LogP contribution in [0.15, 0.2) is 79.1 Å². The number of nitrogen functional groups attached to an aromatic ring is 1. The molecule has 38 heavy (non-hydrogen) atoms. The molecule has 6 rings (SSSR count). The Morgan fingerprint density at radius 1 is 0.895 bits per heavy atom. The van der Waals surface area contributed by atoms with Gasteiger partial charge in [0.25, 0.3) is 0 Å². The van der Waals surface area contributed by atoms with Gasteiger partial charge in [-0.3, -0.25) is 10.1 Å². The third-order valence-corrected chi connectivity index (χ3v) is 6.67. The molecule has 0 spiro atoms. The number of benzene rings is 3. The molecule has 8 heteroatoms. The smallest absolute Gasteiger partial charge is 0.125 e. The van der Waals surface area contributed by atoms with Crippen molar-refractivity contribution in [3.05, 3.63) is 84.9 Å². The predicted octanol–water partition coefficient (Wildman–Crippen LogP) is 6.14. The number of halogens is 1. The van der Waals surface area contributed by atoms with Gasteiger partial charge >= 0.3 is 0 Å². The SMILES string of the molecule is CN(C)CCNc1cc(F)cc(-c2cccc3[nH]c(-c4n[nH]c5ccc(-c6cncc(N)c6)cc45)cc23)c1. The second kappa shape index (κ2) is 9.64. The third-order valence-electron chi connectivity index (χ3n) is 6.67. The molecule has 5 N–H and O–H groups in total. The Kier molecular flexibility index (Phi) is 6.01. The lowest BCUT2D eigenvalue weighted by Gasteiger charge is -2.13. The Hall–Kier alpha value is -4.69. The highest BCUT2D eigenvalue weighted by molar-refractivity contribution is 6.02. The van der Waals surface area contributed by atoms with Crippen molar-refractivity contribution in [2.24, 2.45) is 0 Å². The number of aromatic amines is 2. The first-order chi connectivity index (χ1) is 18.4. The Labute approximate surface area is 219 Å². The van der Waals surface area contributed by atoms with Gasteiger partial charge in [-0.05, 0) is 79.3 Å². The van der Waals surface area contributed by atoms with Gasteiger partial charge in [-0.2, -0.15) is 5.10 Å². The minimum atomic E-state index is -0.274. The highest BCUT2D eigenvalue weighted by atomic mass is 19.1. The summed E-state index contributed by atoms with van der Waals surface area (Å²) in [6, 6.07) is 21.3. The maximum Gasteiger partial charge on any atom is 0.125 e. The maximum atomic E-state index is 14.6. The molecule has 0 bridgehead atoms. The van der Waals surface area contributed by atoms with Crippen LogP contribution in [0.25, 0.3) is 55.4 Å². The first kappa shape index (κ1) is 23.7. The van der Waals surface area contributed by atoms with Crippen molar-refractivity contribution in [3.63, 3.8) is 0 Å². The number of pyridine rings is 1. The van der Waals surface area contributed by atoms with Crippen molar-refractivity contribution in [2.75, 3.05) is 38.2 Å². The molecule has 3 aromatic heterocycles. The zero-order chi connectivity index (χ0) is 26.2. The standard InChI is InChI=1S/C30H28FN7/c1-38(2)9-8-34-23-12-19(10-21(31)14-23)24-4-3-5-27-25(24)15-29(35-27)30-26-13-18(6-7-28(26)36-37-30)20-11-22(32)17-33-16-20/h3-7,10-17,34-35H,8-9,32H2,1-2H3,(H,36,37). The molecule has 0 saturated heterocycles. The van der Waals surface area contributed by atoms with Gasteiger partial charge in [-0.25, -0.2) is 4.39 Å². The maximum absolute atomic E-state index is 14.6. The lowest BCUT2D eigenvalue weighted by atomic mass is 10.0. The molecule has 3 aromatic carbocycles. The van der Waals surface area contributed by atoms with Crippen molar-refractivity contribution in [3.8, 4) is 33.6 Å². The van der Waals surface area contributed by atoms with Crippen molar-refractivity contribution in [1.29, 1.82) is 0 Å². The quantitative estimate of drug-likeness (QED) is 0.209. The topological polar surface area (TPSA) is 98.6 Å². The molecule has 0 fully saturated rings. The molecule has 6 aromatic rings. The number of likely N-dealkylation sites (N-methyl/N-ethyl adjacent to an activating group) is 1. The van der Waals surface area contributed by atoms with Crippen LogP contribution in [0, 0.1) is 5.82 Å². The normalized spacial score (nSPS) is 11.6. The molecule has 0 atom stereocenters. The molecule has 190 valence electrons. The number of rotatable bonds is 7. The number of hydrogen-bond acceptors (Lipinski definition) is 5. The van der Waals surface area contributed by atoms with E-state index in [4.69, 9.17) is 5.73 Å². The molecule has 7 nitrogen and oxygen atoms in total. The molecule has 0 aliphatic rings. The Morgan fingerprint density at radius 3 is 2.63 bits per heavy atom. The molecule has 0 saturated carbocycles. The molecular formula is C30H28FN7. The Bertz CT molecular complexity index is 1770. The van der Waals surface area contributed by atoms with Crippen molar-refractivity contribution < 1.29 is 4.39 Å². The van der Waals surface area contributed by atoms with E-state index in [-0.39, 0.29) is 5.82 Å². The number of H-pyrrole nitrogens is 2. The van der Waals surface area contributed by atoms with Crippen LogP contribution in [-0.2, 0) is 0 Å². The number of nitrogens with one attached hydrogen (secondary N) is 3. The van der Waals surface area contributed by atoms with Gasteiger partial charge in [-0.15, -0.1) is 0 Å². The first-order valence-corrected chi connectivity index (χ1v) is 12.5. The van der Waals surface area contributed by atoms with E-state index in [0.29, 0.717) is 5.69 Å². The van der Waals surface area contributed by atoms with E-state index >= 15 is 0 Å². The Morgan fingerprint density at radius 2 is 1.79 bits per heavy atom. The summed E-state index contributed by atoms with van der Waals surface area (Å²) >= 11 is 0. The van der Waals surface area contributed by atoms with Crippen molar-refractivity contribution in [1.82, 2.24) is 25.1 Å². The molecular weight excluding hydrogens is 477 g/mol. The van der Waals surface area contributed by atoms with E-state index in [1.54, 1.807) is 18.5 Å². The number of hydrogen-bond donors (Lipinski definition) is 4. The fourth-order valence-corrected chi connectivity index (χ4v) is 4.82. The van der Waals surface area contributed by atoms with E-state index in [9.17, 15) is 4.39 Å². The van der Waals surface area contributed by atoms with E-state index < -0.39 is 0 Å². The minimum absolute atomic E-state index is 0.274. The average Bonchev–Trinajstić information content (AvgIpc) is 3.51. The summed E-state index contributed by atoms with van der Waals surface area (Å²) < 4.78 is 14.6. The van der Waals surface area contributed by atoms with Crippen LogP contribution < -0.4 is 11.1 Å². The van der Waals surface area contributed by atoms with Crippen molar-refractivity contribution >= 4 is 33.2 Å². The molecule has 0 amide bonds. The average molecular weight is 506 g/mol. The van der Waals surface area contributed by atoms with E-state index in [2.05, 4.69) is 42.5 Å². The summed E-state index contributed by atoms with van der Waals surface area (Å²) in [7, 11) is 4.03. The number of fused-ring (bicyclic) bond motifs is 2. The van der Waals surface area contributed by atoms with Gasteiger partial charge < -0.3 is 20.9 Å². The second-order valence-electron chi connectivity index (χ2n) is 9.75. The molecule has 0 aliphatic heterocycles. The van der Waals surface area contributed by atoms with Crippen LogP contribution in [0.3, 0.4) is 0 Å². The minimum Gasteiger partial charge on any atom is -0.397 e. The molecule has 0 radical (unpaired) electrons. The zero-order valence-electron chi connectivity index (χ0n) is 21.2. The van der Waals surface area contributed by atoms with Gasteiger partial charge in [0.05, 0.1) is 16.9 Å². The largest absolute Gasteiger partial charge is 0.397 e. The van der Waals surface area contributed by atoms with Gasteiger partial charge in [0.1, 0.15) is 11.5 Å². The fraction of sp³-hybridized carbons (Fsp3) is 0.133. The van der Waals surface area contributed by atoms with Crippen LogP contribution in [0.1, 0.15) is 0 Å². The van der Waals surface area contributed by atoms with Gasteiger partial charge in [0, 0.05) is 53.0 Å². The highest BCUT2D eigenvalue weighted by Crippen LogP contribution is 2.36. The van der Waals surface area contributed by atoms with Crippen molar-refractivity contribution in [2.45, 2.75) is 0 Å². The monoisotopic (exact) mass is 505 g/mol. The number of anilines is 2. The van der Waals surface area contributed by atoms with E-state index in [1.807, 2.05) is 56.6 Å². The number of aromatic nitrogens is 4. The zero-order valence-corrected chi connectivity index (χ0v) is 21.2. The first-order valence-electron chi connectivity index (χ1n) is 12.5. The highest BCUT2D eigenvalue weighted by Gasteiger charge is 2.15. The summed E-state index contributed by atoms with van der Waals surface area (Å²) in [5.41, 5.74) is 14.6. The van der Waals surface area contributed by atoms with Gasteiger partial charge in [0.15, 0.2) is 0 Å². The summed E-state index contributed by atoms with van der Waals surface area (Å²) in [5, 5.41) is 13.1. The van der Waals surface area contributed by atoms with Gasteiger partial charge in [0.2, 0.25) is 0 Å². The molecule has 3 heterocycles. The lowest BCUT2D eigenvalue weighted by Crippen LogP contribution is -2.20. The fourth-order valence-electron chi connectivity index (χ4n) is 4.82. The summed E-state index contributed by atoms with van der Waals surface area (Å²) in [5.74, 6) is -0.274. The van der Waals surface area contributed by atoms with Crippen LogP contribution >= 0.6 is 0 Å². The second-order valence-corrected chi connectivity index (χ2v) is 9.75. The predicted molar refractivity (Wildman–Crippen MR) is 153 cm³/mol. The molecule has 0 aliphatic carbocycles. The molecule has 0 unspecified atom stereocenters. The summed E-state index contributed by atoms with van der Waals surface area (Å²) in [6.07, 6.45) is 3.43. The number of nitrogens with two attached hydrogens (primary N) is 1. The van der Waals surface area contributed by atoms with Crippen LogP contribution in [0.5, 0.6) is 0 Å². The lowest BCUT2D eigenvalue weighted by molar-refractivity contribution is 0.425. The third kappa shape index (κ3) is 4.57. The summed E-state index contributed by atoms with van der Waals surface area (Å²) in [4.78, 5) is 9.83. The van der Waals surface area contributed by atoms with Crippen LogP contribution in [0.2, 0.25) is 0 Å². The van der Waals surface area contributed by atoms with Crippen LogP contribution in [-0.4, -0.2) is 52.3 Å². The van der Waals surface area contributed by atoms with Gasteiger partial charge in [-0.1, -0.05) is 18.2 Å². The summed E-state index contributed by atoms with van der Waals surface area (Å²) in [6.45, 7) is 1.59.